The second kappa shape index (κ2) is 13.1. The quantitative estimate of drug-likeness (QED) is 0.440. The van der Waals surface area contributed by atoms with E-state index in [1.807, 2.05) is 30.3 Å². The van der Waals surface area contributed by atoms with Crippen molar-refractivity contribution in [2.45, 2.75) is 31.4 Å². The number of aliphatic hydroxyl groups excluding tert-OH is 1. The molecule has 1 fully saturated rings. The van der Waals surface area contributed by atoms with Crippen molar-refractivity contribution in [2.75, 3.05) is 46.5 Å². The average Bonchev–Trinajstić information content (AvgIpc) is 2.82. The first-order valence-electron chi connectivity index (χ1n) is 11.0. The summed E-state index contributed by atoms with van der Waals surface area (Å²) in [6, 6.07) is 13.1. The summed E-state index contributed by atoms with van der Waals surface area (Å²) < 4.78 is 16.5. The van der Waals surface area contributed by atoms with Crippen LogP contribution in [0.25, 0.3) is 0 Å². The lowest BCUT2D eigenvalue weighted by Crippen LogP contribution is -2.45. The molecule has 0 unspecified atom stereocenters. The van der Waals surface area contributed by atoms with Crippen molar-refractivity contribution in [2.24, 2.45) is 0 Å². The van der Waals surface area contributed by atoms with Gasteiger partial charge in [0.25, 0.3) is 0 Å². The summed E-state index contributed by atoms with van der Waals surface area (Å²) in [4.78, 5) is 2.46. The van der Waals surface area contributed by atoms with Crippen LogP contribution in [0.3, 0.4) is 0 Å². The molecule has 0 radical (unpaired) electrons. The van der Waals surface area contributed by atoms with Crippen LogP contribution in [0.2, 0.25) is 10.0 Å². The SMILES string of the molecule is COc1ccc(OC[C@H](O)CNC2CCN(CCCOc3ccc(Cl)c(Cl)c3)CC2)cc1. The number of nitrogens with one attached hydrogen (secondary N) is 1. The molecule has 0 aliphatic carbocycles. The Morgan fingerprint density at radius 2 is 1.69 bits per heavy atom. The maximum absolute atomic E-state index is 10.2. The van der Waals surface area contributed by atoms with E-state index < -0.39 is 6.10 Å². The maximum Gasteiger partial charge on any atom is 0.120 e. The Labute approximate surface area is 200 Å². The van der Waals surface area contributed by atoms with Gasteiger partial charge in [0.2, 0.25) is 0 Å². The number of rotatable bonds is 12. The van der Waals surface area contributed by atoms with E-state index in [1.54, 1.807) is 19.2 Å². The van der Waals surface area contributed by atoms with Crippen molar-refractivity contribution in [1.82, 2.24) is 10.2 Å². The predicted octanol–water partition coefficient (Wildman–Crippen LogP) is 4.26. The van der Waals surface area contributed by atoms with Gasteiger partial charge in [-0.05, 0) is 68.8 Å². The van der Waals surface area contributed by atoms with Crippen LogP contribution in [0, 0.1) is 0 Å². The molecular weight excluding hydrogens is 451 g/mol. The molecule has 32 heavy (non-hydrogen) atoms. The Kier molecular flexibility index (Phi) is 10.2. The van der Waals surface area contributed by atoms with Gasteiger partial charge >= 0.3 is 0 Å². The normalized spacial score (nSPS) is 16.0. The summed E-state index contributed by atoms with van der Waals surface area (Å²) >= 11 is 11.9. The molecule has 1 heterocycles. The van der Waals surface area contributed by atoms with Crippen molar-refractivity contribution < 1.29 is 19.3 Å². The number of likely N-dealkylation sites (tertiary alicyclic amines) is 1. The minimum Gasteiger partial charge on any atom is -0.497 e. The lowest BCUT2D eigenvalue weighted by Gasteiger charge is -2.32. The van der Waals surface area contributed by atoms with Crippen LogP contribution in [-0.4, -0.2) is 68.7 Å². The molecule has 2 aromatic carbocycles. The van der Waals surface area contributed by atoms with E-state index in [4.69, 9.17) is 37.4 Å². The molecule has 8 heteroatoms. The summed E-state index contributed by atoms with van der Waals surface area (Å²) in [5, 5.41) is 14.7. The first kappa shape index (κ1) is 24.9. The fraction of sp³-hybridized carbons (Fsp3) is 0.500. The highest BCUT2D eigenvalue weighted by Crippen LogP contribution is 2.26. The molecule has 0 aromatic heterocycles. The van der Waals surface area contributed by atoms with Gasteiger partial charge in [-0.15, -0.1) is 0 Å². The first-order valence-corrected chi connectivity index (χ1v) is 11.8. The highest BCUT2D eigenvalue weighted by molar-refractivity contribution is 6.42. The molecule has 1 aliphatic rings. The monoisotopic (exact) mass is 482 g/mol. The Bertz CT molecular complexity index is 814. The second-order valence-corrected chi connectivity index (χ2v) is 8.76. The van der Waals surface area contributed by atoms with Gasteiger partial charge in [0.15, 0.2) is 0 Å². The Morgan fingerprint density at radius 1 is 1.00 bits per heavy atom. The van der Waals surface area contributed by atoms with Gasteiger partial charge in [-0.25, -0.2) is 0 Å². The molecule has 0 amide bonds. The van der Waals surface area contributed by atoms with E-state index in [0.29, 0.717) is 29.2 Å². The minimum atomic E-state index is -0.548. The summed E-state index contributed by atoms with van der Waals surface area (Å²) in [6.07, 6.45) is 2.55. The molecule has 0 bridgehead atoms. The fourth-order valence-corrected chi connectivity index (χ4v) is 3.92. The number of nitrogens with zero attached hydrogens (tertiary/aromatic N) is 1. The van der Waals surface area contributed by atoms with Gasteiger partial charge in [0.05, 0.1) is 23.8 Å². The van der Waals surface area contributed by atoms with Crippen LogP contribution < -0.4 is 19.5 Å². The topological polar surface area (TPSA) is 63.2 Å². The van der Waals surface area contributed by atoms with E-state index in [1.165, 1.54) is 0 Å². The van der Waals surface area contributed by atoms with E-state index in [2.05, 4.69) is 10.2 Å². The Balaban J connectivity index is 1.24. The molecule has 1 aliphatic heterocycles. The number of hydrogen-bond acceptors (Lipinski definition) is 6. The molecule has 2 aromatic rings. The van der Waals surface area contributed by atoms with Crippen LogP contribution in [0.4, 0.5) is 0 Å². The zero-order chi connectivity index (χ0) is 22.8. The third kappa shape index (κ3) is 8.34. The molecule has 3 rings (SSSR count). The largest absolute Gasteiger partial charge is 0.497 e. The lowest BCUT2D eigenvalue weighted by atomic mass is 10.0. The number of halogens is 2. The number of ether oxygens (including phenoxy) is 3. The van der Waals surface area contributed by atoms with E-state index in [-0.39, 0.29) is 6.61 Å². The lowest BCUT2D eigenvalue weighted by molar-refractivity contribution is 0.0979. The minimum absolute atomic E-state index is 0.261. The van der Waals surface area contributed by atoms with Crippen molar-refractivity contribution >= 4 is 23.2 Å². The molecule has 6 nitrogen and oxygen atoms in total. The maximum atomic E-state index is 10.2. The van der Waals surface area contributed by atoms with Gasteiger partial charge < -0.3 is 29.5 Å². The van der Waals surface area contributed by atoms with Crippen LogP contribution >= 0.6 is 23.2 Å². The van der Waals surface area contributed by atoms with Gasteiger partial charge in [0, 0.05) is 25.2 Å². The molecular formula is C24H32Cl2N2O4. The molecule has 1 atom stereocenters. The standard InChI is InChI=1S/C24H32Cl2N2O4/c1-30-20-3-5-21(6-4-20)32-17-19(29)16-27-18-9-12-28(13-10-18)11-2-14-31-22-7-8-23(25)24(26)15-22/h3-8,15,18-19,27,29H,2,9-14,16-17H2,1H3/t19-/m1/s1. The third-order valence-electron chi connectivity index (χ3n) is 5.51. The van der Waals surface area contributed by atoms with Gasteiger partial charge in [-0.3, -0.25) is 0 Å². The van der Waals surface area contributed by atoms with E-state index >= 15 is 0 Å². The number of benzene rings is 2. The van der Waals surface area contributed by atoms with Crippen LogP contribution in [0.5, 0.6) is 17.2 Å². The third-order valence-corrected chi connectivity index (χ3v) is 6.25. The van der Waals surface area contributed by atoms with Gasteiger partial charge in [-0.1, -0.05) is 23.2 Å². The zero-order valence-corrected chi connectivity index (χ0v) is 19.9. The van der Waals surface area contributed by atoms with Crippen molar-refractivity contribution in [1.29, 1.82) is 0 Å². The highest BCUT2D eigenvalue weighted by atomic mass is 35.5. The number of piperidine rings is 1. The second-order valence-electron chi connectivity index (χ2n) is 7.94. The van der Waals surface area contributed by atoms with Gasteiger partial charge in [0.1, 0.15) is 30.0 Å². The molecule has 1 saturated heterocycles. The van der Waals surface area contributed by atoms with E-state index in [9.17, 15) is 5.11 Å². The van der Waals surface area contributed by atoms with Gasteiger partial charge in [-0.2, -0.15) is 0 Å². The van der Waals surface area contributed by atoms with Crippen LogP contribution in [0.15, 0.2) is 42.5 Å². The molecule has 0 saturated carbocycles. The number of methoxy groups -OCH3 is 1. The highest BCUT2D eigenvalue weighted by Gasteiger charge is 2.19. The fourth-order valence-electron chi connectivity index (χ4n) is 3.63. The summed E-state index contributed by atoms with van der Waals surface area (Å²) in [5.41, 5.74) is 0. The number of aliphatic hydroxyl groups is 1. The first-order chi connectivity index (χ1) is 15.5. The smallest absolute Gasteiger partial charge is 0.120 e. The van der Waals surface area contributed by atoms with Crippen LogP contribution in [0.1, 0.15) is 19.3 Å². The van der Waals surface area contributed by atoms with E-state index in [0.717, 1.165) is 56.1 Å². The summed E-state index contributed by atoms with van der Waals surface area (Å²) in [7, 11) is 1.63. The van der Waals surface area contributed by atoms with Crippen LogP contribution in [-0.2, 0) is 0 Å². The Morgan fingerprint density at radius 3 is 2.38 bits per heavy atom. The van der Waals surface area contributed by atoms with Crippen molar-refractivity contribution in [3.8, 4) is 17.2 Å². The summed E-state index contributed by atoms with van der Waals surface area (Å²) in [5.74, 6) is 2.25. The molecule has 176 valence electrons. The zero-order valence-electron chi connectivity index (χ0n) is 18.4. The molecule has 0 spiro atoms. The summed E-state index contributed by atoms with van der Waals surface area (Å²) in [6.45, 7) is 4.53. The van der Waals surface area contributed by atoms with Crippen molar-refractivity contribution in [3.05, 3.63) is 52.5 Å². The number of hydrogen-bond donors (Lipinski definition) is 2. The molecule has 2 N–H and O–H groups in total. The average molecular weight is 483 g/mol. The Hall–Kier alpha value is -1.70. The van der Waals surface area contributed by atoms with Crippen molar-refractivity contribution in [3.63, 3.8) is 0 Å². The predicted molar refractivity (Wildman–Crippen MR) is 129 cm³/mol.